The molecule has 4 unspecified atom stereocenters. The lowest BCUT2D eigenvalue weighted by Gasteiger charge is -2.37. The van der Waals surface area contributed by atoms with Crippen molar-refractivity contribution in [2.24, 2.45) is 0 Å². The number of ether oxygens (including phenoxy) is 1. The number of carbonyl (C=O) groups excluding carboxylic acids is 2. The number of benzene rings is 2. The van der Waals surface area contributed by atoms with Crippen LogP contribution in [0, 0.1) is 11.6 Å². The second-order valence-electron chi connectivity index (χ2n) is 8.91. The Morgan fingerprint density at radius 3 is 2.56 bits per heavy atom. The molecule has 1 aliphatic heterocycles. The third-order valence-electron chi connectivity index (χ3n) is 6.24. The van der Waals surface area contributed by atoms with Crippen molar-refractivity contribution in [1.82, 2.24) is 10.6 Å². The minimum Gasteiger partial charge on any atom is -0.465 e. The molecular weight excluding hydrogens is 442 g/mol. The number of aliphatic hydroxyl groups is 1. The summed E-state index contributed by atoms with van der Waals surface area (Å²) in [6.45, 7) is 1.35. The van der Waals surface area contributed by atoms with Crippen molar-refractivity contribution in [2.75, 3.05) is 7.11 Å². The van der Waals surface area contributed by atoms with Gasteiger partial charge in [0.25, 0.3) is 0 Å². The van der Waals surface area contributed by atoms with Gasteiger partial charge in [0.1, 0.15) is 11.6 Å². The van der Waals surface area contributed by atoms with Gasteiger partial charge in [0, 0.05) is 25.1 Å². The number of hydrogen-bond donors (Lipinski definition) is 3. The number of halogens is 2. The van der Waals surface area contributed by atoms with Crippen LogP contribution in [-0.2, 0) is 22.4 Å². The van der Waals surface area contributed by atoms with E-state index < -0.39 is 23.8 Å². The number of methoxy groups -OCH3 is 1. The number of piperidine rings is 1. The largest absolute Gasteiger partial charge is 0.465 e. The fourth-order valence-electron chi connectivity index (χ4n) is 4.64. The van der Waals surface area contributed by atoms with Crippen LogP contribution in [0.1, 0.15) is 54.1 Å². The van der Waals surface area contributed by atoms with Gasteiger partial charge in [-0.05, 0) is 67.5 Å². The number of carbonyl (C=O) groups is 2. The van der Waals surface area contributed by atoms with E-state index in [1.165, 1.54) is 26.2 Å². The highest BCUT2D eigenvalue weighted by Crippen LogP contribution is 2.22. The highest BCUT2D eigenvalue weighted by Gasteiger charge is 2.32. The zero-order valence-corrected chi connectivity index (χ0v) is 19.5. The lowest BCUT2D eigenvalue weighted by atomic mass is 9.87. The van der Waals surface area contributed by atoms with Crippen LogP contribution in [0.2, 0.25) is 0 Å². The molecule has 0 aromatic heterocycles. The van der Waals surface area contributed by atoms with Crippen LogP contribution in [0.3, 0.4) is 0 Å². The third-order valence-corrected chi connectivity index (χ3v) is 6.24. The fraction of sp³-hybridized carbons (Fsp3) is 0.462. The number of esters is 1. The summed E-state index contributed by atoms with van der Waals surface area (Å²) in [5.41, 5.74) is 1.90. The number of hydrogen-bond acceptors (Lipinski definition) is 5. The lowest BCUT2D eigenvalue weighted by Crippen LogP contribution is -2.57. The monoisotopic (exact) mass is 474 g/mol. The topological polar surface area (TPSA) is 87.7 Å². The molecule has 3 N–H and O–H groups in total. The Bertz CT molecular complexity index is 980. The van der Waals surface area contributed by atoms with E-state index in [1.54, 1.807) is 6.07 Å². The molecule has 0 spiro atoms. The summed E-state index contributed by atoms with van der Waals surface area (Å²) in [6.07, 6.45) is 3.32. The molecule has 2 aromatic rings. The molecule has 1 fully saturated rings. The first-order valence-electron chi connectivity index (χ1n) is 11.6. The molecule has 6 nitrogen and oxygen atoms in total. The molecular formula is C26H32F2N2O4. The summed E-state index contributed by atoms with van der Waals surface area (Å²) in [6, 6.07) is 9.75. The zero-order valence-electron chi connectivity index (χ0n) is 19.5. The minimum atomic E-state index is -0.930. The van der Waals surface area contributed by atoms with E-state index >= 15 is 0 Å². The Hall–Kier alpha value is -2.84. The Kier molecular flexibility index (Phi) is 9.12. The van der Waals surface area contributed by atoms with Gasteiger partial charge in [-0.2, -0.15) is 0 Å². The summed E-state index contributed by atoms with van der Waals surface area (Å²) in [4.78, 5) is 23.5. The molecule has 1 aliphatic rings. The van der Waals surface area contributed by atoms with E-state index in [1.807, 2.05) is 18.2 Å². The first-order valence-corrected chi connectivity index (χ1v) is 11.6. The normalized spacial score (nSPS) is 19.8. The second-order valence-corrected chi connectivity index (χ2v) is 8.91. The molecule has 0 bridgehead atoms. The maximum Gasteiger partial charge on any atom is 0.337 e. The standard InChI is InChI=1S/C26H32F2N2O4/c1-16(31)29-24(14-18-12-20(27)15-21(28)13-18)25(32)23-8-4-7-22(30-23)10-9-17-5-3-6-19(11-17)26(33)34-2/h3,5-6,11-13,15,22-25,30,32H,4,7-10,14H2,1-2H3,(H,29,31). The number of rotatable bonds is 9. The van der Waals surface area contributed by atoms with Gasteiger partial charge in [-0.15, -0.1) is 0 Å². The van der Waals surface area contributed by atoms with E-state index in [0.29, 0.717) is 11.1 Å². The van der Waals surface area contributed by atoms with E-state index in [-0.39, 0.29) is 30.4 Å². The van der Waals surface area contributed by atoms with Gasteiger partial charge in [0.2, 0.25) is 5.91 Å². The molecule has 0 radical (unpaired) electrons. The van der Waals surface area contributed by atoms with Crippen molar-refractivity contribution in [3.8, 4) is 0 Å². The summed E-state index contributed by atoms with van der Waals surface area (Å²) in [7, 11) is 1.35. The SMILES string of the molecule is COC(=O)c1cccc(CCC2CCCC(C(O)C(Cc3cc(F)cc(F)c3)NC(C)=O)N2)c1. The maximum absolute atomic E-state index is 13.6. The molecule has 3 rings (SSSR count). The first kappa shape index (κ1) is 25.8. The van der Waals surface area contributed by atoms with Crippen molar-refractivity contribution < 1.29 is 28.2 Å². The molecule has 1 heterocycles. The average molecular weight is 475 g/mol. The quantitative estimate of drug-likeness (QED) is 0.486. The van der Waals surface area contributed by atoms with Crippen LogP contribution >= 0.6 is 0 Å². The van der Waals surface area contributed by atoms with E-state index in [2.05, 4.69) is 10.6 Å². The zero-order chi connectivity index (χ0) is 24.7. The predicted octanol–water partition coefficient (Wildman–Crippen LogP) is 3.30. The van der Waals surface area contributed by atoms with Gasteiger partial charge in [-0.1, -0.05) is 18.6 Å². The van der Waals surface area contributed by atoms with Crippen molar-refractivity contribution in [3.63, 3.8) is 0 Å². The van der Waals surface area contributed by atoms with Gasteiger partial charge < -0.3 is 20.5 Å². The smallest absolute Gasteiger partial charge is 0.337 e. The van der Waals surface area contributed by atoms with Crippen molar-refractivity contribution in [2.45, 2.75) is 69.7 Å². The Morgan fingerprint density at radius 1 is 1.15 bits per heavy atom. The molecule has 1 saturated heterocycles. The second kappa shape index (κ2) is 12.0. The highest BCUT2D eigenvalue weighted by atomic mass is 19.1. The Balaban J connectivity index is 1.63. The van der Waals surface area contributed by atoms with Crippen molar-refractivity contribution >= 4 is 11.9 Å². The molecule has 2 aromatic carbocycles. The molecule has 1 amide bonds. The number of aryl methyl sites for hydroxylation is 1. The van der Waals surface area contributed by atoms with Crippen LogP contribution in [0.15, 0.2) is 42.5 Å². The third kappa shape index (κ3) is 7.33. The van der Waals surface area contributed by atoms with Crippen LogP contribution in [0.5, 0.6) is 0 Å². The van der Waals surface area contributed by atoms with E-state index in [0.717, 1.165) is 43.7 Å². The van der Waals surface area contributed by atoms with Gasteiger partial charge in [-0.3, -0.25) is 4.79 Å². The first-order chi connectivity index (χ1) is 16.2. The summed E-state index contributed by atoms with van der Waals surface area (Å²) >= 11 is 0. The van der Waals surface area contributed by atoms with Crippen LogP contribution in [0.4, 0.5) is 8.78 Å². The predicted molar refractivity (Wildman–Crippen MR) is 124 cm³/mol. The minimum absolute atomic E-state index is 0.110. The van der Waals surface area contributed by atoms with Gasteiger partial charge in [0.15, 0.2) is 0 Å². The molecule has 0 aliphatic carbocycles. The van der Waals surface area contributed by atoms with Crippen molar-refractivity contribution in [1.29, 1.82) is 0 Å². The molecule has 0 saturated carbocycles. The summed E-state index contributed by atoms with van der Waals surface area (Å²) < 4.78 is 32.0. The van der Waals surface area contributed by atoms with Crippen LogP contribution in [0.25, 0.3) is 0 Å². The number of aliphatic hydroxyl groups excluding tert-OH is 1. The van der Waals surface area contributed by atoms with Crippen LogP contribution in [-0.4, -0.2) is 48.3 Å². The Labute approximate surface area is 198 Å². The van der Waals surface area contributed by atoms with E-state index in [9.17, 15) is 23.5 Å². The molecule has 34 heavy (non-hydrogen) atoms. The molecule has 184 valence electrons. The lowest BCUT2D eigenvalue weighted by molar-refractivity contribution is -0.120. The summed E-state index contributed by atoms with van der Waals surface area (Å²) in [5, 5.41) is 17.3. The maximum atomic E-state index is 13.6. The number of nitrogens with one attached hydrogen (secondary N) is 2. The average Bonchev–Trinajstić information content (AvgIpc) is 2.81. The van der Waals surface area contributed by atoms with Crippen LogP contribution < -0.4 is 10.6 Å². The fourth-order valence-corrected chi connectivity index (χ4v) is 4.64. The van der Waals surface area contributed by atoms with Gasteiger partial charge in [-0.25, -0.2) is 13.6 Å². The van der Waals surface area contributed by atoms with Crippen molar-refractivity contribution in [3.05, 3.63) is 70.8 Å². The highest BCUT2D eigenvalue weighted by molar-refractivity contribution is 5.89. The van der Waals surface area contributed by atoms with Gasteiger partial charge in [0.05, 0.1) is 24.8 Å². The Morgan fingerprint density at radius 2 is 1.88 bits per heavy atom. The van der Waals surface area contributed by atoms with E-state index in [4.69, 9.17) is 4.74 Å². The number of amides is 1. The molecule has 4 atom stereocenters. The molecule has 8 heteroatoms. The summed E-state index contributed by atoms with van der Waals surface area (Å²) in [5.74, 6) is -2.09. The van der Waals surface area contributed by atoms with Gasteiger partial charge >= 0.3 is 5.97 Å².